The molecule has 2 aliphatic heterocycles. The molecule has 0 aromatic heterocycles. The summed E-state index contributed by atoms with van der Waals surface area (Å²) < 4.78 is 0. The van der Waals surface area contributed by atoms with E-state index in [0.717, 1.165) is 19.5 Å². The first-order valence-corrected chi connectivity index (χ1v) is 8.29. The van der Waals surface area contributed by atoms with Crippen molar-refractivity contribution in [3.8, 4) is 0 Å². The van der Waals surface area contributed by atoms with Crippen LogP contribution in [0.5, 0.6) is 0 Å². The van der Waals surface area contributed by atoms with Gasteiger partial charge < -0.3 is 4.90 Å². The number of hydrazone groups is 1. The molecule has 0 spiro atoms. The quantitative estimate of drug-likeness (QED) is 0.843. The number of likely N-dealkylation sites (tertiary alicyclic amines) is 1. The Bertz CT molecular complexity index is 616. The molecule has 5 heteroatoms. The van der Waals surface area contributed by atoms with Crippen LogP contribution in [0.15, 0.2) is 35.4 Å². The van der Waals surface area contributed by atoms with Gasteiger partial charge in [0.05, 0.1) is 5.69 Å². The van der Waals surface area contributed by atoms with Gasteiger partial charge in [-0.15, -0.1) is 0 Å². The van der Waals surface area contributed by atoms with E-state index in [1.54, 1.807) is 0 Å². The van der Waals surface area contributed by atoms with Crippen LogP contribution in [0.3, 0.4) is 0 Å². The van der Waals surface area contributed by atoms with Crippen LogP contribution in [0.2, 0.25) is 0 Å². The number of carbonyl (C=O) groups is 2. The molecule has 5 nitrogen and oxygen atoms in total. The molecule has 1 fully saturated rings. The Morgan fingerprint density at radius 2 is 1.74 bits per heavy atom. The van der Waals surface area contributed by atoms with Crippen molar-refractivity contribution < 1.29 is 9.59 Å². The van der Waals surface area contributed by atoms with Crippen LogP contribution < -0.4 is 5.01 Å². The maximum absolute atomic E-state index is 12.8. The number of anilines is 1. The zero-order valence-corrected chi connectivity index (χ0v) is 13.7. The summed E-state index contributed by atoms with van der Waals surface area (Å²) >= 11 is 0. The lowest BCUT2D eigenvalue weighted by Crippen LogP contribution is -2.47. The summed E-state index contributed by atoms with van der Waals surface area (Å²) in [6.45, 7) is 5.92. The first kappa shape index (κ1) is 15.7. The lowest BCUT2D eigenvalue weighted by molar-refractivity contribution is -0.126. The van der Waals surface area contributed by atoms with Crippen molar-refractivity contribution in [2.24, 2.45) is 16.9 Å². The summed E-state index contributed by atoms with van der Waals surface area (Å²) in [7, 11) is 0. The molecule has 3 rings (SSSR count). The predicted octanol–water partition coefficient (Wildman–Crippen LogP) is 2.67. The van der Waals surface area contributed by atoms with Gasteiger partial charge >= 0.3 is 0 Å². The van der Waals surface area contributed by atoms with Gasteiger partial charge in [0.1, 0.15) is 5.71 Å². The summed E-state index contributed by atoms with van der Waals surface area (Å²) in [5.41, 5.74) is 1.21. The lowest BCUT2D eigenvalue weighted by Gasteiger charge is -2.36. The van der Waals surface area contributed by atoms with Crippen LogP contribution in [-0.4, -0.2) is 35.5 Å². The number of carbonyl (C=O) groups excluding carboxylic acids is 2. The molecule has 1 saturated heterocycles. The molecule has 0 aliphatic carbocycles. The summed E-state index contributed by atoms with van der Waals surface area (Å²) in [5.74, 6) is 0.947. The van der Waals surface area contributed by atoms with E-state index in [0.29, 0.717) is 36.1 Å². The highest BCUT2D eigenvalue weighted by Gasteiger charge is 2.31. The Labute approximate surface area is 137 Å². The fraction of sp³-hybridized carbons (Fsp3) is 0.500. The van der Waals surface area contributed by atoms with Crippen molar-refractivity contribution >= 4 is 23.2 Å². The zero-order chi connectivity index (χ0) is 16.4. The standard InChI is InChI=1S/C18H23N3O2/c1-13-10-14(2)12-20(11-13)18(23)16-8-9-17(22)21(19-16)15-6-4-3-5-7-15/h3-7,13-14H,8-12H2,1-2H3/t13-,14-/m1/s1. The molecule has 2 aliphatic rings. The van der Waals surface area contributed by atoms with Crippen LogP contribution in [0.25, 0.3) is 0 Å². The molecule has 1 aromatic rings. The summed E-state index contributed by atoms with van der Waals surface area (Å²) in [6.07, 6.45) is 1.92. The average molecular weight is 313 g/mol. The highest BCUT2D eigenvalue weighted by atomic mass is 16.2. The molecule has 0 unspecified atom stereocenters. The van der Waals surface area contributed by atoms with E-state index in [4.69, 9.17) is 0 Å². The van der Waals surface area contributed by atoms with E-state index in [1.807, 2.05) is 35.2 Å². The van der Waals surface area contributed by atoms with E-state index in [-0.39, 0.29) is 11.8 Å². The second kappa shape index (κ2) is 6.52. The van der Waals surface area contributed by atoms with Gasteiger partial charge in [0.2, 0.25) is 5.91 Å². The number of amides is 2. The van der Waals surface area contributed by atoms with Crippen molar-refractivity contribution in [2.45, 2.75) is 33.1 Å². The first-order chi connectivity index (χ1) is 11.0. The number of benzene rings is 1. The molecular weight excluding hydrogens is 290 g/mol. The van der Waals surface area contributed by atoms with Gasteiger partial charge in [-0.05, 0) is 30.4 Å². The van der Waals surface area contributed by atoms with Crippen molar-refractivity contribution in [3.63, 3.8) is 0 Å². The van der Waals surface area contributed by atoms with Crippen molar-refractivity contribution in [1.29, 1.82) is 0 Å². The minimum Gasteiger partial charge on any atom is -0.337 e. The van der Waals surface area contributed by atoms with Gasteiger partial charge in [0.15, 0.2) is 0 Å². The second-order valence-electron chi connectivity index (χ2n) is 6.74. The molecule has 2 atom stereocenters. The van der Waals surface area contributed by atoms with Crippen LogP contribution in [0, 0.1) is 11.8 Å². The molecule has 2 amide bonds. The van der Waals surface area contributed by atoms with E-state index >= 15 is 0 Å². The van der Waals surface area contributed by atoms with Gasteiger partial charge in [-0.1, -0.05) is 32.0 Å². The van der Waals surface area contributed by atoms with Gasteiger partial charge in [0.25, 0.3) is 5.91 Å². The van der Waals surface area contributed by atoms with E-state index < -0.39 is 0 Å². The van der Waals surface area contributed by atoms with Crippen LogP contribution in [0.4, 0.5) is 5.69 Å². The number of nitrogens with zero attached hydrogens (tertiary/aromatic N) is 3. The maximum Gasteiger partial charge on any atom is 0.270 e. The SMILES string of the molecule is C[C@@H]1C[C@@H](C)CN(C(=O)C2=NN(c3ccccc3)C(=O)CC2)C1. The summed E-state index contributed by atoms with van der Waals surface area (Å²) in [6, 6.07) is 9.29. The summed E-state index contributed by atoms with van der Waals surface area (Å²) in [5, 5.41) is 5.74. The first-order valence-electron chi connectivity index (χ1n) is 8.29. The number of rotatable bonds is 2. The second-order valence-corrected chi connectivity index (χ2v) is 6.74. The monoisotopic (exact) mass is 313 g/mol. The highest BCUT2D eigenvalue weighted by Crippen LogP contribution is 2.24. The van der Waals surface area contributed by atoms with Gasteiger partial charge in [0, 0.05) is 25.9 Å². The topological polar surface area (TPSA) is 53.0 Å². The molecule has 122 valence electrons. The number of para-hydroxylation sites is 1. The minimum atomic E-state index is -0.0619. The molecule has 23 heavy (non-hydrogen) atoms. The van der Waals surface area contributed by atoms with E-state index in [2.05, 4.69) is 18.9 Å². The normalized spacial score (nSPS) is 25.3. The Morgan fingerprint density at radius 3 is 2.39 bits per heavy atom. The third kappa shape index (κ3) is 3.44. The molecule has 0 radical (unpaired) electrons. The Hall–Kier alpha value is -2.17. The van der Waals surface area contributed by atoms with Gasteiger partial charge in [-0.2, -0.15) is 5.10 Å². The fourth-order valence-electron chi connectivity index (χ4n) is 3.49. The summed E-state index contributed by atoms with van der Waals surface area (Å²) in [4.78, 5) is 26.8. The molecule has 0 N–H and O–H groups in total. The van der Waals surface area contributed by atoms with E-state index in [9.17, 15) is 9.59 Å². The fourth-order valence-corrected chi connectivity index (χ4v) is 3.49. The van der Waals surface area contributed by atoms with Crippen LogP contribution in [0.1, 0.15) is 33.1 Å². The third-order valence-electron chi connectivity index (χ3n) is 4.44. The molecule has 1 aromatic carbocycles. The molecular formula is C18H23N3O2. The van der Waals surface area contributed by atoms with Crippen LogP contribution >= 0.6 is 0 Å². The number of hydrogen-bond donors (Lipinski definition) is 0. The molecule has 2 heterocycles. The van der Waals surface area contributed by atoms with Gasteiger partial charge in [-0.25, -0.2) is 5.01 Å². The zero-order valence-electron chi connectivity index (χ0n) is 13.7. The minimum absolute atomic E-state index is 0.0168. The Morgan fingerprint density at radius 1 is 1.09 bits per heavy atom. The molecule has 0 bridgehead atoms. The third-order valence-corrected chi connectivity index (χ3v) is 4.44. The van der Waals surface area contributed by atoms with Crippen LogP contribution in [-0.2, 0) is 9.59 Å². The Kier molecular flexibility index (Phi) is 4.46. The maximum atomic E-state index is 12.8. The highest BCUT2D eigenvalue weighted by molar-refractivity contribution is 6.40. The van der Waals surface area contributed by atoms with E-state index in [1.165, 1.54) is 5.01 Å². The smallest absolute Gasteiger partial charge is 0.270 e. The average Bonchev–Trinajstić information content (AvgIpc) is 2.54. The number of hydrogen-bond acceptors (Lipinski definition) is 3. The lowest BCUT2D eigenvalue weighted by atomic mass is 9.91. The van der Waals surface area contributed by atoms with Crippen molar-refractivity contribution in [1.82, 2.24) is 4.90 Å². The predicted molar refractivity (Wildman–Crippen MR) is 90.1 cm³/mol. The van der Waals surface area contributed by atoms with Crippen molar-refractivity contribution in [3.05, 3.63) is 30.3 Å². The number of piperidine rings is 1. The Balaban J connectivity index is 1.81. The largest absolute Gasteiger partial charge is 0.337 e. The van der Waals surface area contributed by atoms with Crippen molar-refractivity contribution in [2.75, 3.05) is 18.1 Å². The molecule has 0 saturated carbocycles. The van der Waals surface area contributed by atoms with Gasteiger partial charge in [-0.3, -0.25) is 9.59 Å².